The van der Waals surface area contributed by atoms with Crippen LogP contribution in [0, 0.1) is 0 Å². The minimum Gasteiger partial charge on any atom is -0.340 e. The first-order chi connectivity index (χ1) is 24.8. The molecule has 0 saturated heterocycles. The molecule has 50 heavy (non-hydrogen) atoms. The van der Waals surface area contributed by atoms with Crippen molar-refractivity contribution in [3.63, 3.8) is 0 Å². The molecule has 0 aliphatic carbocycles. The van der Waals surface area contributed by atoms with Gasteiger partial charge >= 0.3 is 0 Å². The molecule has 0 unspecified atom stereocenters. The topological polar surface area (TPSA) is 9.86 Å². The van der Waals surface area contributed by atoms with Crippen molar-refractivity contribution in [2.45, 2.75) is 27.8 Å². The smallest absolute Gasteiger partial charge is 0.0491 e. The van der Waals surface area contributed by atoms with Crippen molar-refractivity contribution in [2.75, 3.05) is 11.6 Å². The first-order valence-corrected chi connectivity index (χ1v) is 19.6. The summed E-state index contributed by atoms with van der Waals surface area (Å²) in [5, 5.41) is 5.28. The predicted octanol–water partition coefficient (Wildman–Crippen LogP) is 12.8. The molecule has 0 spiro atoms. The Hall–Kier alpha value is -5.22. The fraction of sp³-hybridized carbons (Fsp3) is 0.0870. The van der Waals surface area contributed by atoms with E-state index < -0.39 is 10.0 Å². The lowest BCUT2D eigenvalue weighted by Crippen LogP contribution is -2.13. The van der Waals surface area contributed by atoms with Gasteiger partial charge in [-0.1, -0.05) is 127 Å². The number of aryl methyl sites for hydroxylation is 2. The van der Waals surface area contributed by atoms with Gasteiger partial charge in [-0.25, -0.2) is 0 Å². The number of alkyl halides is 1. The van der Waals surface area contributed by atoms with Crippen LogP contribution in [0.15, 0.2) is 203 Å². The molecule has 2 heterocycles. The van der Waals surface area contributed by atoms with E-state index in [0.29, 0.717) is 5.88 Å². The van der Waals surface area contributed by atoms with Crippen LogP contribution in [0.2, 0.25) is 0 Å². The lowest BCUT2D eigenvalue weighted by molar-refractivity contribution is 0.830. The van der Waals surface area contributed by atoms with Gasteiger partial charge in [0, 0.05) is 68.3 Å². The summed E-state index contributed by atoms with van der Waals surface area (Å²) in [4.78, 5) is 4.23. The molecule has 2 nitrogen and oxygen atoms in total. The van der Waals surface area contributed by atoms with E-state index in [1.807, 2.05) is 0 Å². The summed E-state index contributed by atoms with van der Waals surface area (Å²) in [6.07, 6.45) is 0. The molecule has 0 atom stereocenters. The van der Waals surface area contributed by atoms with Crippen LogP contribution in [0.5, 0.6) is 0 Å². The Morgan fingerprint density at radius 3 is 0.940 bits per heavy atom. The zero-order chi connectivity index (χ0) is 33.8. The summed E-state index contributed by atoms with van der Waals surface area (Å²) in [6, 6.07) is 68.0. The van der Waals surface area contributed by atoms with Gasteiger partial charge in [0.15, 0.2) is 0 Å². The van der Waals surface area contributed by atoms with Gasteiger partial charge in [0.2, 0.25) is 0 Å². The number of nitrogens with zero attached hydrogens (tertiary/aromatic N) is 2. The van der Waals surface area contributed by atoms with E-state index in [1.165, 1.54) is 58.3 Å². The summed E-state index contributed by atoms with van der Waals surface area (Å²) in [7, 11) is -1.47. The predicted molar refractivity (Wildman–Crippen MR) is 216 cm³/mol. The summed E-state index contributed by atoms with van der Waals surface area (Å²) in [5.41, 5.74) is 5.16. The van der Waals surface area contributed by atoms with Crippen molar-refractivity contribution in [1.82, 2.24) is 9.13 Å². The second kappa shape index (κ2) is 14.3. The first-order valence-electron chi connectivity index (χ1n) is 17.2. The van der Waals surface area contributed by atoms with Crippen LogP contribution in [0.4, 0.5) is 0 Å². The van der Waals surface area contributed by atoms with Gasteiger partial charge in [-0.15, -0.1) is 11.6 Å². The van der Waals surface area contributed by atoms with E-state index in [4.69, 9.17) is 11.6 Å². The van der Waals surface area contributed by atoms with Crippen molar-refractivity contribution in [3.05, 3.63) is 188 Å². The van der Waals surface area contributed by atoms with Crippen LogP contribution in [0.1, 0.15) is 0 Å². The monoisotopic (exact) mass is 686 g/mol. The number of rotatable bonds is 8. The minimum absolute atomic E-state index is 0.642. The van der Waals surface area contributed by atoms with Crippen LogP contribution < -0.4 is 0 Å². The Balaban J connectivity index is 0.000000188. The molecule has 0 saturated carbocycles. The number of aromatic nitrogens is 2. The van der Waals surface area contributed by atoms with E-state index >= 15 is 0 Å². The molecule has 246 valence electrons. The molecule has 0 amide bonds. The number of fused-ring (bicyclic) bond motifs is 6. The Morgan fingerprint density at radius 1 is 0.340 bits per heavy atom. The van der Waals surface area contributed by atoms with E-state index in [0.717, 1.165) is 18.8 Å². The third-order valence-corrected chi connectivity index (χ3v) is 13.9. The van der Waals surface area contributed by atoms with Crippen molar-refractivity contribution < 1.29 is 0 Å². The number of benzene rings is 7. The summed E-state index contributed by atoms with van der Waals surface area (Å²) >= 11 is 5.87. The van der Waals surface area contributed by atoms with E-state index in [-0.39, 0.29) is 0 Å². The van der Waals surface area contributed by atoms with Crippen molar-refractivity contribution in [2.24, 2.45) is 0 Å². The zero-order valence-corrected chi connectivity index (χ0v) is 29.5. The quantitative estimate of drug-likeness (QED) is 0.141. The van der Waals surface area contributed by atoms with Crippen molar-refractivity contribution >= 4 is 65.2 Å². The molecule has 0 bridgehead atoms. The van der Waals surface area contributed by atoms with E-state index in [1.54, 1.807) is 0 Å². The maximum Gasteiger partial charge on any atom is 0.0491 e. The number of hydrogen-bond acceptors (Lipinski definition) is 0. The van der Waals surface area contributed by atoms with Gasteiger partial charge in [0.1, 0.15) is 0 Å². The molecule has 0 aliphatic rings. The van der Waals surface area contributed by atoms with Gasteiger partial charge < -0.3 is 9.13 Å². The maximum absolute atomic E-state index is 5.87. The Kier molecular flexibility index (Phi) is 9.17. The van der Waals surface area contributed by atoms with Gasteiger partial charge in [-0.3, -0.25) is 0 Å². The third-order valence-electron chi connectivity index (χ3n) is 9.73. The average molecular weight is 687 g/mol. The summed E-state index contributed by atoms with van der Waals surface area (Å²) in [5.74, 6) is 1.68. The maximum atomic E-state index is 5.87. The molecule has 0 radical (unpaired) electrons. The largest absolute Gasteiger partial charge is 0.340 e. The molecule has 2 aromatic heterocycles. The molecular weight excluding hydrogens is 648 g/mol. The van der Waals surface area contributed by atoms with Gasteiger partial charge in [0.05, 0.1) is 0 Å². The van der Waals surface area contributed by atoms with Gasteiger partial charge in [-0.05, 0) is 75.4 Å². The van der Waals surface area contributed by atoms with Gasteiger partial charge in [0.25, 0.3) is 0 Å². The van der Waals surface area contributed by atoms with Crippen molar-refractivity contribution in [3.8, 4) is 0 Å². The molecule has 9 aromatic rings. The van der Waals surface area contributed by atoms with E-state index in [2.05, 4.69) is 197 Å². The van der Waals surface area contributed by atoms with E-state index in [9.17, 15) is 0 Å². The Morgan fingerprint density at radius 2 is 0.620 bits per heavy atom. The molecular formula is C46H39ClN2S. The molecule has 0 N–H and O–H groups in total. The fourth-order valence-electron chi connectivity index (χ4n) is 7.52. The molecule has 4 heteroatoms. The van der Waals surface area contributed by atoms with Crippen LogP contribution in [-0.2, 0) is 13.1 Å². The first kappa shape index (κ1) is 32.0. The Labute approximate surface area is 300 Å². The highest BCUT2D eigenvalue weighted by Gasteiger charge is 2.31. The highest BCUT2D eigenvalue weighted by molar-refractivity contribution is 8.33. The lowest BCUT2D eigenvalue weighted by Gasteiger charge is -2.42. The summed E-state index contributed by atoms with van der Waals surface area (Å²) in [6.45, 7) is 1.80. The fourth-order valence-corrected chi connectivity index (χ4v) is 11.5. The SMILES string of the molecule is ClCCn1c2ccccc2c2ccccc21.c1ccc(S(CCn2c3ccccc3c3ccccc32)(c2ccccc2)c2ccccc2)cc1. The third kappa shape index (κ3) is 5.77. The highest BCUT2D eigenvalue weighted by atomic mass is 35.5. The molecule has 7 aromatic carbocycles. The average Bonchev–Trinajstić information content (AvgIpc) is 3.69. The number of para-hydroxylation sites is 4. The van der Waals surface area contributed by atoms with Gasteiger partial charge in [-0.2, -0.15) is 10.0 Å². The van der Waals surface area contributed by atoms with Crippen LogP contribution in [0.3, 0.4) is 0 Å². The Bertz CT molecular complexity index is 2300. The zero-order valence-electron chi connectivity index (χ0n) is 27.9. The molecule has 9 rings (SSSR count). The van der Waals surface area contributed by atoms with Crippen molar-refractivity contribution in [1.29, 1.82) is 0 Å². The second-order valence-corrected chi connectivity index (χ2v) is 16.1. The standard InChI is InChI=1S/C32H27NS.C14H12ClN/c1-4-14-26(15-5-1)34(27-16-6-2-7-17-27,28-18-8-3-9-19-28)25-24-33-31-22-12-10-20-29(31)30-21-11-13-23-32(30)33;15-9-10-16-13-7-3-1-5-11(13)12-6-2-4-8-14(12)16/h1-23H,24-25H2;1-8H,9-10H2. The van der Waals surface area contributed by atoms with Crippen LogP contribution >= 0.6 is 21.6 Å². The van der Waals surface area contributed by atoms with Crippen LogP contribution in [0.25, 0.3) is 43.6 Å². The second-order valence-electron chi connectivity index (χ2n) is 12.4. The number of halogens is 1. The molecule has 0 aliphatic heterocycles. The summed E-state index contributed by atoms with van der Waals surface area (Å²) < 4.78 is 4.82. The minimum atomic E-state index is -1.47. The number of hydrogen-bond donors (Lipinski definition) is 0. The highest BCUT2D eigenvalue weighted by Crippen LogP contribution is 2.68. The molecule has 0 fully saturated rings. The lowest BCUT2D eigenvalue weighted by atomic mass is 10.2. The van der Waals surface area contributed by atoms with Crippen LogP contribution in [-0.4, -0.2) is 20.8 Å². The normalized spacial score (nSPS) is 11.9.